The highest BCUT2D eigenvalue weighted by Gasteiger charge is 2.06. The lowest BCUT2D eigenvalue weighted by Crippen LogP contribution is -1.99. The summed E-state index contributed by atoms with van der Waals surface area (Å²) in [6.45, 7) is 0. The zero-order valence-corrected chi connectivity index (χ0v) is 9.24. The molecular formula is C12H10ClNO2. The number of nitrogens with zero attached hydrogens (tertiary/aromatic N) is 1. The molecule has 3 nitrogen and oxygen atoms in total. The first-order valence-corrected chi connectivity index (χ1v) is 5.30. The van der Waals surface area contributed by atoms with Crippen molar-refractivity contribution in [3.05, 3.63) is 41.2 Å². The normalized spacial score (nSPS) is 10.6. The van der Waals surface area contributed by atoms with Crippen LogP contribution in [0.15, 0.2) is 30.5 Å². The van der Waals surface area contributed by atoms with Crippen molar-refractivity contribution in [2.45, 2.75) is 12.8 Å². The molecule has 0 saturated carbocycles. The number of hydrogen-bond donors (Lipinski definition) is 1. The van der Waals surface area contributed by atoms with E-state index in [9.17, 15) is 4.79 Å². The van der Waals surface area contributed by atoms with Crippen molar-refractivity contribution < 1.29 is 9.90 Å². The number of carboxylic acids is 1. The van der Waals surface area contributed by atoms with Crippen LogP contribution in [-0.2, 0) is 11.2 Å². The molecule has 2 rings (SSSR count). The molecule has 0 unspecified atom stereocenters. The van der Waals surface area contributed by atoms with Gasteiger partial charge in [-0.2, -0.15) is 0 Å². The van der Waals surface area contributed by atoms with E-state index in [2.05, 4.69) is 4.98 Å². The number of carboxylic acid groups (broad SMARTS) is 1. The average Bonchev–Trinajstić information content (AvgIpc) is 2.27. The molecule has 1 aromatic heterocycles. The van der Waals surface area contributed by atoms with E-state index in [-0.39, 0.29) is 6.42 Å². The number of pyridine rings is 1. The van der Waals surface area contributed by atoms with Crippen molar-refractivity contribution in [1.29, 1.82) is 0 Å². The molecular weight excluding hydrogens is 226 g/mol. The molecule has 0 fully saturated rings. The highest BCUT2D eigenvalue weighted by Crippen LogP contribution is 2.25. The first-order chi connectivity index (χ1) is 7.68. The molecule has 1 aromatic carbocycles. The van der Waals surface area contributed by atoms with Gasteiger partial charge in [-0.1, -0.05) is 23.7 Å². The minimum Gasteiger partial charge on any atom is -0.481 e. The van der Waals surface area contributed by atoms with E-state index in [0.29, 0.717) is 11.4 Å². The van der Waals surface area contributed by atoms with Crippen molar-refractivity contribution in [3.63, 3.8) is 0 Å². The number of carbonyl (C=O) groups is 1. The van der Waals surface area contributed by atoms with Crippen LogP contribution in [0.4, 0.5) is 0 Å². The second-order valence-corrected chi connectivity index (χ2v) is 3.89. The molecule has 82 valence electrons. The van der Waals surface area contributed by atoms with Crippen LogP contribution in [0.2, 0.25) is 5.02 Å². The van der Waals surface area contributed by atoms with Gasteiger partial charge in [0.05, 0.1) is 6.42 Å². The summed E-state index contributed by atoms with van der Waals surface area (Å²) in [6.07, 6.45) is 2.16. The van der Waals surface area contributed by atoms with Gasteiger partial charge in [0.25, 0.3) is 0 Å². The molecule has 0 bridgehead atoms. The Morgan fingerprint density at radius 2 is 2.12 bits per heavy atom. The van der Waals surface area contributed by atoms with Crippen LogP contribution in [0.5, 0.6) is 0 Å². The molecule has 0 aliphatic rings. The summed E-state index contributed by atoms with van der Waals surface area (Å²) >= 11 is 6.05. The van der Waals surface area contributed by atoms with E-state index in [1.54, 1.807) is 6.20 Å². The highest BCUT2D eigenvalue weighted by molar-refractivity contribution is 6.35. The topological polar surface area (TPSA) is 50.2 Å². The molecule has 0 radical (unpaired) electrons. The Labute approximate surface area is 97.7 Å². The fraction of sp³-hybridized carbons (Fsp3) is 0.167. The summed E-state index contributed by atoms with van der Waals surface area (Å²) in [5, 5.41) is 11.2. The lowest BCUT2D eigenvalue weighted by Gasteiger charge is -2.05. The molecule has 0 amide bonds. The number of fused-ring (bicyclic) bond motifs is 1. The Hall–Kier alpha value is -1.61. The highest BCUT2D eigenvalue weighted by atomic mass is 35.5. The van der Waals surface area contributed by atoms with E-state index in [0.717, 1.165) is 16.5 Å². The van der Waals surface area contributed by atoms with Crippen molar-refractivity contribution in [3.8, 4) is 0 Å². The second-order valence-electron chi connectivity index (χ2n) is 3.49. The molecule has 0 spiro atoms. The average molecular weight is 236 g/mol. The largest absolute Gasteiger partial charge is 0.481 e. The van der Waals surface area contributed by atoms with Crippen LogP contribution in [-0.4, -0.2) is 16.1 Å². The zero-order chi connectivity index (χ0) is 11.5. The van der Waals surface area contributed by atoms with Gasteiger partial charge in [0.15, 0.2) is 0 Å². The quantitative estimate of drug-likeness (QED) is 0.890. The fourth-order valence-electron chi connectivity index (χ4n) is 1.65. The van der Waals surface area contributed by atoms with Gasteiger partial charge in [-0.25, -0.2) is 0 Å². The molecule has 1 N–H and O–H groups in total. The smallest absolute Gasteiger partial charge is 0.303 e. The Kier molecular flexibility index (Phi) is 3.06. The molecule has 0 atom stereocenters. The minimum absolute atomic E-state index is 0.0820. The number of aryl methyl sites for hydroxylation is 1. The van der Waals surface area contributed by atoms with Gasteiger partial charge in [-0.05, 0) is 12.1 Å². The number of benzene rings is 1. The Bertz CT molecular complexity index is 540. The van der Waals surface area contributed by atoms with Gasteiger partial charge in [-0.3, -0.25) is 9.78 Å². The predicted octanol–water partition coefficient (Wildman–Crippen LogP) is 2.91. The van der Waals surface area contributed by atoms with E-state index < -0.39 is 5.97 Å². The summed E-state index contributed by atoms with van der Waals surface area (Å²) in [6, 6.07) is 7.40. The summed E-state index contributed by atoms with van der Waals surface area (Å²) in [4.78, 5) is 14.7. The number of rotatable bonds is 3. The predicted molar refractivity (Wildman–Crippen MR) is 62.7 cm³/mol. The van der Waals surface area contributed by atoms with E-state index in [1.165, 1.54) is 0 Å². The standard InChI is InChI=1S/C12H10ClNO2/c13-10-3-1-2-9-8(10)6-7-14-11(9)4-5-12(15)16/h1-3,6-7H,4-5H2,(H,15,16). The maximum Gasteiger partial charge on any atom is 0.303 e. The fourth-order valence-corrected chi connectivity index (χ4v) is 1.89. The first-order valence-electron chi connectivity index (χ1n) is 4.92. The molecule has 0 saturated heterocycles. The van der Waals surface area contributed by atoms with Crippen LogP contribution in [0, 0.1) is 0 Å². The van der Waals surface area contributed by atoms with Gasteiger partial charge in [0, 0.05) is 34.1 Å². The third-order valence-electron chi connectivity index (χ3n) is 2.41. The molecule has 2 aromatic rings. The molecule has 1 heterocycles. The summed E-state index contributed by atoms with van der Waals surface area (Å²) < 4.78 is 0. The van der Waals surface area contributed by atoms with Gasteiger partial charge < -0.3 is 5.11 Å². The lowest BCUT2D eigenvalue weighted by molar-refractivity contribution is -0.136. The van der Waals surface area contributed by atoms with Crippen LogP contribution < -0.4 is 0 Å². The Morgan fingerprint density at radius 1 is 1.31 bits per heavy atom. The number of hydrogen-bond acceptors (Lipinski definition) is 2. The number of halogens is 1. The monoisotopic (exact) mass is 235 g/mol. The molecule has 4 heteroatoms. The van der Waals surface area contributed by atoms with Crippen LogP contribution >= 0.6 is 11.6 Å². The van der Waals surface area contributed by atoms with Crippen molar-refractivity contribution in [2.75, 3.05) is 0 Å². The minimum atomic E-state index is -0.819. The Balaban J connectivity index is 2.45. The lowest BCUT2D eigenvalue weighted by atomic mass is 10.1. The SMILES string of the molecule is O=C(O)CCc1nccc2c(Cl)cccc12. The second kappa shape index (κ2) is 4.49. The maximum absolute atomic E-state index is 10.5. The zero-order valence-electron chi connectivity index (χ0n) is 8.48. The van der Waals surface area contributed by atoms with Gasteiger partial charge in [0.2, 0.25) is 0 Å². The van der Waals surface area contributed by atoms with Crippen LogP contribution in [0.25, 0.3) is 10.8 Å². The summed E-state index contributed by atoms with van der Waals surface area (Å²) in [5.41, 5.74) is 0.780. The van der Waals surface area contributed by atoms with Crippen LogP contribution in [0.1, 0.15) is 12.1 Å². The third-order valence-corrected chi connectivity index (χ3v) is 2.74. The van der Waals surface area contributed by atoms with E-state index >= 15 is 0 Å². The molecule has 16 heavy (non-hydrogen) atoms. The van der Waals surface area contributed by atoms with E-state index in [4.69, 9.17) is 16.7 Å². The van der Waals surface area contributed by atoms with Crippen molar-refractivity contribution >= 4 is 28.3 Å². The first kappa shape index (κ1) is 10.9. The van der Waals surface area contributed by atoms with Crippen molar-refractivity contribution in [2.24, 2.45) is 0 Å². The van der Waals surface area contributed by atoms with Crippen LogP contribution in [0.3, 0.4) is 0 Å². The van der Waals surface area contributed by atoms with Gasteiger partial charge >= 0.3 is 5.97 Å². The Morgan fingerprint density at radius 3 is 2.88 bits per heavy atom. The summed E-state index contributed by atoms with van der Waals surface area (Å²) in [7, 11) is 0. The van der Waals surface area contributed by atoms with Crippen molar-refractivity contribution in [1.82, 2.24) is 4.98 Å². The van der Waals surface area contributed by atoms with Gasteiger partial charge in [-0.15, -0.1) is 0 Å². The molecule has 0 aliphatic heterocycles. The third kappa shape index (κ3) is 2.14. The molecule has 0 aliphatic carbocycles. The number of aliphatic carboxylic acids is 1. The summed E-state index contributed by atoms with van der Waals surface area (Å²) in [5.74, 6) is -0.819. The number of aromatic nitrogens is 1. The maximum atomic E-state index is 10.5. The van der Waals surface area contributed by atoms with E-state index in [1.807, 2.05) is 24.3 Å². The van der Waals surface area contributed by atoms with Gasteiger partial charge in [0.1, 0.15) is 0 Å².